The zero-order valence-corrected chi connectivity index (χ0v) is 10.5. The highest BCUT2D eigenvalue weighted by atomic mass is 16.2. The van der Waals surface area contributed by atoms with E-state index in [4.69, 9.17) is 0 Å². The Balaban J connectivity index is 4.59. The average molecular weight is 200 g/mol. The molecule has 0 heterocycles. The second-order valence-corrected chi connectivity index (χ2v) is 5.30. The topological polar surface area (TPSA) is 32.3 Å². The van der Waals surface area contributed by atoms with Gasteiger partial charge in [0.05, 0.1) is 0 Å². The first-order valence-corrected chi connectivity index (χ1v) is 5.26. The molecule has 14 heavy (non-hydrogen) atoms. The van der Waals surface area contributed by atoms with Gasteiger partial charge in [0, 0.05) is 17.5 Å². The van der Waals surface area contributed by atoms with Gasteiger partial charge in [0.15, 0.2) is 0 Å². The predicted octanol–water partition coefficient (Wildman–Crippen LogP) is 2.18. The Labute approximate surface area is 87.8 Å². The third-order valence-corrected chi connectivity index (χ3v) is 1.77. The Kier molecular flexibility index (Phi) is 4.59. The summed E-state index contributed by atoms with van der Waals surface area (Å²) in [5.41, 5.74) is 2.84. The van der Waals surface area contributed by atoms with Gasteiger partial charge >= 0.3 is 0 Å². The molecule has 0 aliphatic rings. The monoisotopic (exact) mass is 200 g/mol. The van der Waals surface area contributed by atoms with E-state index in [-0.39, 0.29) is 23.4 Å². The smallest absolute Gasteiger partial charge is 0.242 e. The number of hydrogen-bond donors (Lipinski definition) is 1. The van der Waals surface area contributed by atoms with Crippen molar-refractivity contribution in [2.75, 3.05) is 0 Å². The molecule has 0 bridgehead atoms. The molecule has 0 radical (unpaired) electrons. The van der Waals surface area contributed by atoms with E-state index in [1.807, 2.05) is 48.5 Å². The molecule has 84 valence electrons. The summed E-state index contributed by atoms with van der Waals surface area (Å²) in [7, 11) is 0. The van der Waals surface area contributed by atoms with Crippen LogP contribution in [0.15, 0.2) is 0 Å². The lowest BCUT2D eigenvalue weighted by molar-refractivity contribution is -0.145. The third kappa shape index (κ3) is 4.09. The maximum Gasteiger partial charge on any atom is 0.242 e. The van der Waals surface area contributed by atoms with E-state index >= 15 is 0 Å². The van der Waals surface area contributed by atoms with Crippen LogP contribution < -0.4 is 5.43 Å². The van der Waals surface area contributed by atoms with E-state index in [9.17, 15) is 4.79 Å². The van der Waals surface area contributed by atoms with Gasteiger partial charge in [0.2, 0.25) is 5.91 Å². The molecule has 0 aromatic heterocycles. The van der Waals surface area contributed by atoms with Crippen LogP contribution in [0.25, 0.3) is 0 Å². The summed E-state index contributed by atoms with van der Waals surface area (Å²) in [4.78, 5) is 12.0. The van der Waals surface area contributed by atoms with Crippen molar-refractivity contribution in [3.63, 3.8) is 0 Å². The molecule has 0 aliphatic heterocycles. The van der Waals surface area contributed by atoms with Crippen molar-refractivity contribution in [2.24, 2.45) is 5.41 Å². The largest absolute Gasteiger partial charge is 0.275 e. The van der Waals surface area contributed by atoms with Gasteiger partial charge in [-0.15, -0.1) is 0 Å². The molecule has 3 nitrogen and oxygen atoms in total. The number of carbonyl (C=O) groups is 1. The Morgan fingerprint density at radius 3 is 1.79 bits per heavy atom. The standard InChI is InChI=1S/C11H24N2O/c1-8(2)12-13(9(3)4)10(14)11(5,6)7/h8-9,12H,1-7H3. The summed E-state index contributed by atoms with van der Waals surface area (Å²) < 4.78 is 0. The molecule has 0 aromatic rings. The van der Waals surface area contributed by atoms with Gasteiger partial charge < -0.3 is 0 Å². The van der Waals surface area contributed by atoms with Crippen molar-refractivity contribution in [3.05, 3.63) is 0 Å². The summed E-state index contributed by atoms with van der Waals surface area (Å²) in [5, 5.41) is 1.73. The van der Waals surface area contributed by atoms with Crippen LogP contribution >= 0.6 is 0 Å². The molecule has 0 unspecified atom stereocenters. The number of hydrogen-bond acceptors (Lipinski definition) is 2. The molecule has 1 amide bonds. The number of carbonyl (C=O) groups excluding carboxylic acids is 1. The van der Waals surface area contributed by atoms with Crippen LogP contribution in [0.2, 0.25) is 0 Å². The molecule has 0 rings (SSSR count). The minimum atomic E-state index is -0.327. The summed E-state index contributed by atoms with van der Waals surface area (Å²) in [5.74, 6) is 0.140. The number of rotatable bonds is 3. The summed E-state index contributed by atoms with van der Waals surface area (Å²) in [6.07, 6.45) is 0. The van der Waals surface area contributed by atoms with Crippen molar-refractivity contribution >= 4 is 5.91 Å². The van der Waals surface area contributed by atoms with E-state index in [1.54, 1.807) is 5.01 Å². The quantitative estimate of drug-likeness (QED) is 0.708. The molecule has 0 aromatic carbocycles. The molecule has 0 fully saturated rings. The molecular formula is C11H24N2O. The van der Waals surface area contributed by atoms with Gasteiger partial charge in [0.1, 0.15) is 0 Å². The van der Waals surface area contributed by atoms with Crippen molar-refractivity contribution in [1.29, 1.82) is 0 Å². The lowest BCUT2D eigenvalue weighted by Gasteiger charge is -2.34. The van der Waals surface area contributed by atoms with Crippen LogP contribution in [-0.2, 0) is 4.79 Å². The first kappa shape index (κ1) is 13.4. The normalized spacial score (nSPS) is 12.4. The van der Waals surface area contributed by atoms with E-state index in [1.165, 1.54) is 0 Å². The molecular weight excluding hydrogens is 176 g/mol. The minimum Gasteiger partial charge on any atom is -0.275 e. The van der Waals surface area contributed by atoms with Gasteiger partial charge in [-0.2, -0.15) is 0 Å². The van der Waals surface area contributed by atoms with E-state index in [0.29, 0.717) is 0 Å². The number of hydrazine groups is 1. The summed E-state index contributed by atoms with van der Waals surface area (Å²) in [6, 6.07) is 0.466. The highest BCUT2D eigenvalue weighted by Gasteiger charge is 2.29. The van der Waals surface area contributed by atoms with Crippen LogP contribution in [-0.4, -0.2) is 23.0 Å². The molecule has 0 spiro atoms. The third-order valence-electron chi connectivity index (χ3n) is 1.77. The van der Waals surface area contributed by atoms with Gasteiger partial charge in [-0.05, 0) is 27.7 Å². The molecule has 3 heteroatoms. The SMILES string of the molecule is CC(C)NN(C(=O)C(C)(C)C)C(C)C. The summed E-state index contributed by atoms with van der Waals surface area (Å²) >= 11 is 0. The minimum absolute atomic E-state index is 0.140. The van der Waals surface area contributed by atoms with Crippen LogP contribution in [0.4, 0.5) is 0 Å². The van der Waals surface area contributed by atoms with Crippen LogP contribution in [0.1, 0.15) is 48.5 Å². The maximum atomic E-state index is 12.0. The molecule has 0 aliphatic carbocycles. The number of amides is 1. The molecule has 1 N–H and O–H groups in total. The Bertz CT molecular complexity index is 192. The molecule has 0 saturated heterocycles. The fraction of sp³-hybridized carbons (Fsp3) is 0.909. The van der Waals surface area contributed by atoms with E-state index in [2.05, 4.69) is 5.43 Å². The van der Waals surface area contributed by atoms with Crippen LogP contribution in [0.5, 0.6) is 0 Å². The van der Waals surface area contributed by atoms with Crippen molar-refractivity contribution in [3.8, 4) is 0 Å². The highest BCUT2D eigenvalue weighted by Crippen LogP contribution is 2.17. The zero-order valence-electron chi connectivity index (χ0n) is 10.5. The van der Waals surface area contributed by atoms with Crippen molar-refractivity contribution in [2.45, 2.75) is 60.5 Å². The van der Waals surface area contributed by atoms with Crippen LogP contribution in [0.3, 0.4) is 0 Å². The van der Waals surface area contributed by atoms with Gasteiger partial charge in [0.25, 0.3) is 0 Å². The fourth-order valence-corrected chi connectivity index (χ4v) is 1.08. The Morgan fingerprint density at radius 1 is 1.14 bits per heavy atom. The second-order valence-electron chi connectivity index (χ2n) is 5.30. The van der Waals surface area contributed by atoms with Gasteiger partial charge in [-0.25, -0.2) is 5.43 Å². The van der Waals surface area contributed by atoms with E-state index in [0.717, 1.165) is 0 Å². The van der Waals surface area contributed by atoms with Crippen molar-refractivity contribution in [1.82, 2.24) is 10.4 Å². The molecule has 0 atom stereocenters. The molecule has 0 saturated carbocycles. The average Bonchev–Trinajstić information content (AvgIpc) is 1.96. The maximum absolute atomic E-state index is 12.0. The van der Waals surface area contributed by atoms with Gasteiger partial charge in [-0.3, -0.25) is 9.80 Å². The second kappa shape index (κ2) is 4.78. The highest BCUT2D eigenvalue weighted by molar-refractivity contribution is 5.81. The Morgan fingerprint density at radius 2 is 1.57 bits per heavy atom. The van der Waals surface area contributed by atoms with Crippen molar-refractivity contribution < 1.29 is 4.79 Å². The fourth-order valence-electron chi connectivity index (χ4n) is 1.08. The number of nitrogens with zero attached hydrogens (tertiary/aromatic N) is 1. The lowest BCUT2D eigenvalue weighted by atomic mass is 9.95. The van der Waals surface area contributed by atoms with Gasteiger partial charge in [-0.1, -0.05) is 20.8 Å². The number of nitrogens with one attached hydrogen (secondary N) is 1. The van der Waals surface area contributed by atoms with Crippen LogP contribution in [0, 0.1) is 5.41 Å². The first-order chi connectivity index (χ1) is 6.16. The van der Waals surface area contributed by atoms with E-state index < -0.39 is 0 Å². The lowest BCUT2D eigenvalue weighted by Crippen LogP contribution is -2.53. The predicted molar refractivity (Wildman–Crippen MR) is 59.7 cm³/mol. The summed E-state index contributed by atoms with van der Waals surface area (Å²) in [6.45, 7) is 13.9. The zero-order chi connectivity index (χ0) is 11.5. The Hall–Kier alpha value is -0.570. The first-order valence-electron chi connectivity index (χ1n) is 5.26.